The molecule has 1 heterocycles. The Kier molecular flexibility index (Phi) is 3.00. The highest BCUT2D eigenvalue weighted by Crippen LogP contribution is 2.34. The van der Waals surface area contributed by atoms with Crippen LogP contribution in [-0.2, 0) is 4.79 Å². The lowest BCUT2D eigenvalue weighted by Gasteiger charge is -2.18. The molecule has 2 N–H and O–H groups in total. The first-order chi connectivity index (χ1) is 7.11. The van der Waals surface area contributed by atoms with Crippen molar-refractivity contribution in [1.82, 2.24) is 0 Å². The van der Waals surface area contributed by atoms with Crippen molar-refractivity contribution >= 4 is 39.1 Å². The molecule has 1 saturated heterocycles. The van der Waals surface area contributed by atoms with Crippen LogP contribution < -0.4 is 10.6 Å². The van der Waals surface area contributed by atoms with Gasteiger partial charge >= 0.3 is 0 Å². The Hall–Kier alpha value is -0.580. The summed E-state index contributed by atoms with van der Waals surface area (Å²) in [5, 5.41) is 0.598. The van der Waals surface area contributed by atoms with Gasteiger partial charge in [0.05, 0.1) is 21.2 Å². The lowest BCUT2D eigenvalue weighted by molar-refractivity contribution is -0.118. The van der Waals surface area contributed by atoms with Gasteiger partial charge in [-0.2, -0.15) is 0 Å². The fourth-order valence-corrected chi connectivity index (χ4v) is 2.29. The molecule has 1 aliphatic heterocycles. The predicted octanol–water partition coefficient (Wildman–Crippen LogP) is 2.17. The van der Waals surface area contributed by atoms with Crippen LogP contribution in [0.1, 0.15) is 6.42 Å². The maximum absolute atomic E-state index is 11.7. The zero-order chi connectivity index (χ0) is 11.0. The highest BCUT2D eigenvalue weighted by atomic mass is 79.9. The smallest absolute Gasteiger partial charge is 0.243 e. The van der Waals surface area contributed by atoms with Crippen LogP contribution in [0.25, 0.3) is 0 Å². The molecule has 1 amide bonds. The van der Waals surface area contributed by atoms with E-state index in [0.29, 0.717) is 18.0 Å². The maximum atomic E-state index is 11.7. The van der Waals surface area contributed by atoms with Gasteiger partial charge < -0.3 is 10.6 Å². The molecule has 1 unspecified atom stereocenters. The van der Waals surface area contributed by atoms with Gasteiger partial charge in [0.25, 0.3) is 0 Å². The molecule has 15 heavy (non-hydrogen) atoms. The van der Waals surface area contributed by atoms with Crippen LogP contribution in [0.15, 0.2) is 22.7 Å². The van der Waals surface area contributed by atoms with Crippen LogP contribution in [0.5, 0.6) is 0 Å². The third-order valence-electron chi connectivity index (χ3n) is 2.47. The minimum atomic E-state index is -0.379. The number of carbonyl (C=O) groups excluding carboxylic acids is 1. The Morgan fingerprint density at radius 3 is 2.87 bits per heavy atom. The molecule has 80 valence electrons. The van der Waals surface area contributed by atoms with Gasteiger partial charge in [-0.1, -0.05) is 17.7 Å². The Balaban J connectivity index is 2.38. The molecule has 0 saturated carbocycles. The zero-order valence-electron chi connectivity index (χ0n) is 7.91. The van der Waals surface area contributed by atoms with E-state index in [1.165, 1.54) is 0 Å². The van der Waals surface area contributed by atoms with E-state index in [4.69, 9.17) is 17.3 Å². The number of halogens is 2. The van der Waals surface area contributed by atoms with Crippen molar-refractivity contribution in [3.63, 3.8) is 0 Å². The van der Waals surface area contributed by atoms with Crippen molar-refractivity contribution < 1.29 is 4.79 Å². The normalized spacial score (nSPS) is 21.1. The van der Waals surface area contributed by atoms with Gasteiger partial charge in [0, 0.05) is 6.54 Å². The summed E-state index contributed by atoms with van der Waals surface area (Å²) >= 11 is 9.33. The van der Waals surface area contributed by atoms with Crippen molar-refractivity contribution in [3.05, 3.63) is 27.7 Å². The first-order valence-corrected chi connectivity index (χ1v) is 5.79. The Bertz CT molecular complexity index is 410. The van der Waals surface area contributed by atoms with Gasteiger partial charge in [0.2, 0.25) is 5.91 Å². The van der Waals surface area contributed by atoms with Crippen LogP contribution in [0.4, 0.5) is 5.69 Å². The summed E-state index contributed by atoms with van der Waals surface area (Å²) in [5.41, 5.74) is 6.45. The third kappa shape index (κ3) is 1.89. The average Bonchev–Trinajstić information content (AvgIpc) is 2.53. The van der Waals surface area contributed by atoms with Gasteiger partial charge in [-0.25, -0.2) is 0 Å². The molecule has 1 aliphatic rings. The second-order valence-corrected chi connectivity index (χ2v) is 4.66. The average molecular weight is 290 g/mol. The first kappa shape index (κ1) is 10.9. The first-order valence-electron chi connectivity index (χ1n) is 4.62. The van der Waals surface area contributed by atoms with Crippen molar-refractivity contribution in [2.24, 2.45) is 5.73 Å². The Labute approximate surface area is 101 Å². The summed E-state index contributed by atoms with van der Waals surface area (Å²) < 4.78 is 0.745. The molecule has 0 bridgehead atoms. The molecule has 0 radical (unpaired) electrons. The molecule has 0 aromatic heterocycles. The van der Waals surface area contributed by atoms with Crippen molar-refractivity contribution in [1.29, 1.82) is 0 Å². The number of rotatable bonds is 1. The number of amides is 1. The fraction of sp³-hybridized carbons (Fsp3) is 0.300. The number of hydrogen-bond acceptors (Lipinski definition) is 2. The minimum Gasteiger partial charge on any atom is -0.320 e. The van der Waals surface area contributed by atoms with E-state index in [1.807, 2.05) is 12.1 Å². The molecule has 0 aliphatic carbocycles. The minimum absolute atomic E-state index is 0.0435. The summed E-state index contributed by atoms with van der Waals surface area (Å²) in [4.78, 5) is 13.4. The highest BCUT2D eigenvalue weighted by molar-refractivity contribution is 9.10. The van der Waals surface area contributed by atoms with Crippen LogP contribution in [0.3, 0.4) is 0 Å². The number of carbonyl (C=O) groups is 1. The van der Waals surface area contributed by atoms with Gasteiger partial charge in [-0.15, -0.1) is 0 Å². The highest BCUT2D eigenvalue weighted by Gasteiger charge is 2.30. The van der Waals surface area contributed by atoms with Crippen LogP contribution >= 0.6 is 27.5 Å². The van der Waals surface area contributed by atoms with E-state index in [9.17, 15) is 4.79 Å². The van der Waals surface area contributed by atoms with Gasteiger partial charge in [0.1, 0.15) is 0 Å². The topological polar surface area (TPSA) is 46.3 Å². The van der Waals surface area contributed by atoms with E-state index in [-0.39, 0.29) is 11.9 Å². The van der Waals surface area contributed by atoms with E-state index in [0.717, 1.165) is 10.2 Å². The SMILES string of the molecule is NC1CCN(c2cccc(Cl)c2Br)C1=O. The number of hydrogen-bond donors (Lipinski definition) is 1. The predicted molar refractivity (Wildman–Crippen MR) is 64.1 cm³/mol. The summed E-state index contributed by atoms with van der Waals surface area (Å²) in [7, 11) is 0. The summed E-state index contributed by atoms with van der Waals surface area (Å²) in [6, 6.07) is 5.07. The zero-order valence-corrected chi connectivity index (χ0v) is 10.3. The van der Waals surface area contributed by atoms with Crippen molar-refractivity contribution in [2.45, 2.75) is 12.5 Å². The molecule has 1 atom stereocenters. The molecular formula is C10H10BrClN2O. The number of nitrogens with zero attached hydrogens (tertiary/aromatic N) is 1. The maximum Gasteiger partial charge on any atom is 0.243 e. The lowest BCUT2D eigenvalue weighted by Crippen LogP contribution is -2.34. The summed E-state index contributed by atoms with van der Waals surface area (Å²) in [6.07, 6.45) is 0.692. The van der Waals surface area contributed by atoms with Gasteiger partial charge in [-0.05, 0) is 34.5 Å². The summed E-state index contributed by atoms with van der Waals surface area (Å²) in [6.45, 7) is 0.652. The second-order valence-electron chi connectivity index (χ2n) is 3.46. The molecule has 1 aromatic rings. The molecule has 0 spiro atoms. The van der Waals surface area contributed by atoms with Crippen LogP contribution in [-0.4, -0.2) is 18.5 Å². The Morgan fingerprint density at radius 2 is 2.27 bits per heavy atom. The second kappa shape index (κ2) is 4.12. The molecule has 5 heteroatoms. The standard InChI is InChI=1S/C10H10BrClN2O/c11-9-6(12)2-1-3-8(9)14-5-4-7(13)10(14)15/h1-3,7H,4-5,13H2. The third-order valence-corrected chi connectivity index (χ3v) is 3.85. The van der Waals surface area contributed by atoms with E-state index < -0.39 is 0 Å². The molecule has 2 rings (SSSR count). The number of benzene rings is 1. The number of anilines is 1. The van der Waals surface area contributed by atoms with Crippen molar-refractivity contribution in [3.8, 4) is 0 Å². The van der Waals surface area contributed by atoms with Crippen LogP contribution in [0, 0.1) is 0 Å². The molecular weight excluding hydrogens is 279 g/mol. The monoisotopic (exact) mass is 288 g/mol. The summed E-state index contributed by atoms with van der Waals surface area (Å²) in [5.74, 6) is -0.0435. The molecule has 1 fully saturated rings. The number of nitrogens with two attached hydrogens (primary N) is 1. The molecule has 3 nitrogen and oxygen atoms in total. The van der Waals surface area contributed by atoms with Gasteiger partial charge in [-0.3, -0.25) is 4.79 Å². The van der Waals surface area contributed by atoms with Crippen LogP contribution in [0.2, 0.25) is 5.02 Å². The van der Waals surface area contributed by atoms with Crippen molar-refractivity contribution in [2.75, 3.05) is 11.4 Å². The lowest BCUT2D eigenvalue weighted by atomic mass is 10.3. The van der Waals surface area contributed by atoms with E-state index in [2.05, 4.69) is 15.9 Å². The van der Waals surface area contributed by atoms with E-state index in [1.54, 1.807) is 11.0 Å². The van der Waals surface area contributed by atoms with E-state index >= 15 is 0 Å². The largest absolute Gasteiger partial charge is 0.320 e. The van der Waals surface area contributed by atoms with Gasteiger partial charge in [0.15, 0.2) is 0 Å². The fourth-order valence-electron chi connectivity index (χ4n) is 1.64. The quantitative estimate of drug-likeness (QED) is 0.861. The Morgan fingerprint density at radius 1 is 1.53 bits per heavy atom. The molecule has 1 aromatic carbocycles.